The highest BCUT2D eigenvalue weighted by molar-refractivity contribution is 6.00. The maximum atomic E-state index is 8.89. The minimum Gasteiger partial charge on any atom is -0.493 e. The first-order chi connectivity index (χ1) is 8.70. The first kappa shape index (κ1) is 12.9. The third-order valence-corrected chi connectivity index (χ3v) is 3.63. The number of hydrogen-bond donors (Lipinski definition) is 1. The molecule has 0 saturated heterocycles. The minimum absolute atomic E-state index is 0.594. The molecule has 1 fully saturated rings. The fraction of sp³-hybridized carbons (Fsp3) is 0.533. The van der Waals surface area contributed by atoms with E-state index in [1.165, 1.54) is 25.7 Å². The zero-order valence-corrected chi connectivity index (χ0v) is 11.1. The number of aryl methyl sites for hydroxylation is 1. The van der Waals surface area contributed by atoms with Crippen molar-refractivity contribution in [3.8, 4) is 5.75 Å². The highest BCUT2D eigenvalue weighted by Crippen LogP contribution is 2.27. The summed E-state index contributed by atoms with van der Waals surface area (Å²) in [6.07, 6.45) is 5.19. The van der Waals surface area contributed by atoms with E-state index in [2.05, 4.69) is 5.16 Å². The van der Waals surface area contributed by atoms with Gasteiger partial charge < -0.3 is 9.94 Å². The van der Waals surface area contributed by atoms with Crippen LogP contribution < -0.4 is 4.74 Å². The molecule has 1 saturated carbocycles. The van der Waals surface area contributed by atoms with Gasteiger partial charge in [0.05, 0.1) is 12.3 Å². The number of nitrogens with zero attached hydrogens (tertiary/aromatic N) is 1. The minimum atomic E-state index is 0.594. The quantitative estimate of drug-likeness (QED) is 0.500. The van der Waals surface area contributed by atoms with Gasteiger partial charge in [0.25, 0.3) is 0 Å². The van der Waals surface area contributed by atoms with E-state index in [9.17, 15) is 0 Å². The Morgan fingerprint density at radius 3 is 2.78 bits per heavy atom. The summed E-state index contributed by atoms with van der Waals surface area (Å²) in [6, 6.07) is 5.97. The van der Waals surface area contributed by atoms with Gasteiger partial charge in [-0.25, -0.2) is 0 Å². The molecule has 0 heterocycles. The van der Waals surface area contributed by atoms with E-state index >= 15 is 0 Å². The van der Waals surface area contributed by atoms with Gasteiger partial charge in [0.2, 0.25) is 0 Å². The molecule has 2 rings (SSSR count). The second kappa shape index (κ2) is 5.89. The van der Waals surface area contributed by atoms with Crippen LogP contribution in [-0.2, 0) is 0 Å². The number of ether oxygens (including phenoxy) is 1. The summed E-state index contributed by atoms with van der Waals surface area (Å²) in [6.45, 7) is 4.60. The Morgan fingerprint density at radius 1 is 1.39 bits per heavy atom. The van der Waals surface area contributed by atoms with Crippen LogP contribution in [0.2, 0.25) is 0 Å². The van der Waals surface area contributed by atoms with Crippen molar-refractivity contribution in [2.45, 2.75) is 39.5 Å². The number of hydrogen-bond acceptors (Lipinski definition) is 3. The van der Waals surface area contributed by atoms with Crippen LogP contribution in [0.4, 0.5) is 0 Å². The Kier molecular flexibility index (Phi) is 4.24. The largest absolute Gasteiger partial charge is 0.493 e. The lowest BCUT2D eigenvalue weighted by atomic mass is 10.1. The molecule has 1 aromatic carbocycles. The lowest BCUT2D eigenvalue weighted by Crippen LogP contribution is -2.10. The monoisotopic (exact) mass is 247 g/mol. The molecule has 0 amide bonds. The molecule has 0 aliphatic heterocycles. The topological polar surface area (TPSA) is 41.8 Å². The van der Waals surface area contributed by atoms with E-state index in [1.807, 2.05) is 25.1 Å². The van der Waals surface area contributed by atoms with Crippen molar-refractivity contribution in [1.82, 2.24) is 0 Å². The molecule has 0 radical (unpaired) electrons. The maximum Gasteiger partial charge on any atom is 0.128 e. The summed E-state index contributed by atoms with van der Waals surface area (Å²) in [4.78, 5) is 0. The predicted octanol–water partition coefficient (Wildman–Crippen LogP) is 3.76. The normalized spacial score (nSPS) is 17.1. The van der Waals surface area contributed by atoms with Gasteiger partial charge in [0, 0.05) is 5.56 Å². The first-order valence-electron chi connectivity index (χ1n) is 6.63. The van der Waals surface area contributed by atoms with Crippen molar-refractivity contribution in [3.05, 3.63) is 29.3 Å². The van der Waals surface area contributed by atoms with E-state index < -0.39 is 0 Å². The molecule has 98 valence electrons. The molecule has 0 atom stereocenters. The molecule has 0 spiro atoms. The van der Waals surface area contributed by atoms with Crippen LogP contribution in [-0.4, -0.2) is 17.5 Å². The van der Waals surface area contributed by atoms with E-state index in [4.69, 9.17) is 9.94 Å². The second-order valence-electron chi connectivity index (χ2n) is 5.15. The molecule has 1 N–H and O–H groups in total. The van der Waals surface area contributed by atoms with Crippen LogP contribution in [0.1, 0.15) is 43.7 Å². The fourth-order valence-electron chi connectivity index (χ4n) is 2.49. The standard InChI is InChI=1S/C15H21NO2/c1-11-7-8-14(12(2)16-17)15(9-11)18-10-13-5-3-4-6-13/h7-9,13,17H,3-6,10H2,1-2H3. The molecule has 1 aliphatic carbocycles. The van der Waals surface area contributed by atoms with Gasteiger partial charge in [0.1, 0.15) is 5.75 Å². The smallest absolute Gasteiger partial charge is 0.128 e. The maximum absolute atomic E-state index is 8.89. The van der Waals surface area contributed by atoms with Gasteiger partial charge in [0.15, 0.2) is 0 Å². The number of oxime groups is 1. The van der Waals surface area contributed by atoms with Crippen LogP contribution in [0.3, 0.4) is 0 Å². The fourth-order valence-corrected chi connectivity index (χ4v) is 2.49. The van der Waals surface area contributed by atoms with Crippen LogP contribution in [0.5, 0.6) is 5.75 Å². The van der Waals surface area contributed by atoms with Gasteiger partial charge in [-0.05, 0) is 50.3 Å². The summed E-state index contributed by atoms with van der Waals surface area (Å²) < 4.78 is 5.93. The van der Waals surface area contributed by atoms with Crippen molar-refractivity contribution in [2.75, 3.05) is 6.61 Å². The molecule has 18 heavy (non-hydrogen) atoms. The Bertz CT molecular complexity index is 434. The zero-order chi connectivity index (χ0) is 13.0. The van der Waals surface area contributed by atoms with Crippen LogP contribution in [0, 0.1) is 12.8 Å². The molecular formula is C15H21NO2. The third kappa shape index (κ3) is 3.03. The molecule has 3 nitrogen and oxygen atoms in total. The highest BCUT2D eigenvalue weighted by atomic mass is 16.5. The summed E-state index contributed by atoms with van der Waals surface area (Å²) in [5.41, 5.74) is 2.63. The summed E-state index contributed by atoms with van der Waals surface area (Å²) >= 11 is 0. The Hall–Kier alpha value is -1.51. The summed E-state index contributed by atoms with van der Waals surface area (Å²) in [7, 11) is 0. The third-order valence-electron chi connectivity index (χ3n) is 3.63. The molecule has 0 bridgehead atoms. The summed E-state index contributed by atoms with van der Waals surface area (Å²) in [5, 5.41) is 12.2. The van der Waals surface area contributed by atoms with Gasteiger partial charge >= 0.3 is 0 Å². The predicted molar refractivity (Wildman–Crippen MR) is 72.6 cm³/mol. The van der Waals surface area contributed by atoms with E-state index in [0.717, 1.165) is 23.5 Å². The van der Waals surface area contributed by atoms with Crippen molar-refractivity contribution in [2.24, 2.45) is 11.1 Å². The average molecular weight is 247 g/mol. The van der Waals surface area contributed by atoms with E-state index in [1.54, 1.807) is 6.92 Å². The van der Waals surface area contributed by atoms with E-state index in [0.29, 0.717) is 11.6 Å². The average Bonchev–Trinajstić information content (AvgIpc) is 2.88. The SMILES string of the molecule is CC(=NO)c1ccc(C)cc1OCC1CCCC1. The van der Waals surface area contributed by atoms with Crippen molar-refractivity contribution >= 4 is 5.71 Å². The van der Waals surface area contributed by atoms with Crippen molar-refractivity contribution in [3.63, 3.8) is 0 Å². The Balaban J connectivity index is 2.11. The van der Waals surface area contributed by atoms with Crippen LogP contribution >= 0.6 is 0 Å². The van der Waals surface area contributed by atoms with Crippen LogP contribution in [0.15, 0.2) is 23.4 Å². The van der Waals surface area contributed by atoms with Crippen LogP contribution in [0.25, 0.3) is 0 Å². The second-order valence-corrected chi connectivity index (χ2v) is 5.15. The molecule has 3 heteroatoms. The molecular weight excluding hydrogens is 226 g/mol. The highest BCUT2D eigenvalue weighted by Gasteiger charge is 2.16. The Morgan fingerprint density at radius 2 is 2.11 bits per heavy atom. The van der Waals surface area contributed by atoms with E-state index in [-0.39, 0.29) is 0 Å². The summed E-state index contributed by atoms with van der Waals surface area (Å²) in [5.74, 6) is 1.52. The number of rotatable bonds is 4. The van der Waals surface area contributed by atoms with Crippen molar-refractivity contribution in [1.29, 1.82) is 0 Å². The molecule has 0 aromatic heterocycles. The van der Waals surface area contributed by atoms with Gasteiger partial charge in [-0.1, -0.05) is 24.1 Å². The van der Waals surface area contributed by atoms with Gasteiger partial charge in [-0.2, -0.15) is 0 Å². The lowest BCUT2D eigenvalue weighted by Gasteiger charge is -2.15. The Labute approximate surface area is 108 Å². The number of benzene rings is 1. The lowest BCUT2D eigenvalue weighted by molar-refractivity contribution is 0.251. The van der Waals surface area contributed by atoms with Gasteiger partial charge in [-0.3, -0.25) is 0 Å². The van der Waals surface area contributed by atoms with Gasteiger partial charge in [-0.15, -0.1) is 0 Å². The van der Waals surface area contributed by atoms with Crippen molar-refractivity contribution < 1.29 is 9.94 Å². The zero-order valence-electron chi connectivity index (χ0n) is 11.1. The first-order valence-corrected chi connectivity index (χ1v) is 6.63. The molecule has 1 aromatic rings. The molecule has 0 unspecified atom stereocenters. The molecule has 1 aliphatic rings.